The van der Waals surface area contributed by atoms with Crippen molar-refractivity contribution >= 4 is 5.97 Å². The molecule has 1 heterocycles. The lowest BCUT2D eigenvalue weighted by molar-refractivity contribution is -0.148. The molecule has 0 bridgehead atoms. The monoisotopic (exact) mass is 210 g/mol. The number of rotatable bonds is 3. The number of ether oxygens (including phenoxy) is 1. The number of piperidine rings is 1. The fraction of sp³-hybridized carbons (Fsp3) is 0.818. The van der Waals surface area contributed by atoms with Crippen molar-refractivity contribution in [3.63, 3.8) is 0 Å². The zero-order valence-corrected chi connectivity index (χ0v) is 9.40. The van der Waals surface area contributed by atoms with E-state index in [0.29, 0.717) is 6.61 Å². The van der Waals surface area contributed by atoms with Crippen LogP contribution in [-0.2, 0) is 9.53 Å². The number of carbonyl (C=O) groups excluding carboxylic acids is 1. The minimum atomic E-state index is -0.571. The normalized spacial score (nSPS) is 20.6. The second kappa shape index (κ2) is 5.72. The third-order valence-electron chi connectivity index (χ3n) is 2.91. The minimum Gasteiger partial charge on any atom is -0.465 e. The van der Waals surface area contributed by atoms with Crippen LogP contribution < -0.4 is 0 Å². The van der Waals surface area contributed by atoms with Crippen molar-refractivity contribution < 1.29 is 9.53 Å². The van der Waals surface area contributed by atoms with E-state index in [1.165, 1.54) is 0 Å². The molecule has 1 fully saturated rings. The first-order valence-corrected chi connectivity index (χ1v) is 5.43. The van der Waals surface area contributed by atoms with Gasteiger partial charge in [0, 0.05) is 0 Å². The second-order valence-corrected chi connectivity index (χ2v) is 4.00. The Kier molecular flexibility index (Phi) is 4.57. The van der Waals surface area contributed by atoms with E-state index in [9.17, 15) is 4.79 Å². The summed E-state index contributed by atoms with van der Waals surface area (Å²) in [6.07, 6.45) is 1.82. The van der Waals surface area contributed by atoms with Crippen molar-refractivity contribution in [1.29, 1.82) is 5.26 Å². The van der Waals surface area contributed by atoms with Crippen LogP contribution in [-0.4, -0.2) is 37.6 Å². The topological polar surface area (TPSA) is 53.3 Å². The van der Waals surface area contributed by atoms with Crippen molar-refractivity contribution in [2.75, 3.05) is 26.7 Å². The number of nitriles is 1. The number of likely N-dealkylation sites (tertiary alicyclic amines) is 1. The Morgan fingerprint density at radius 2 is 2.20 bits per heavy atom. The van der Waals surface area contributed by atoms with Crippen LogP contribution in [0.15, 0.2) is 0 Å². The van der Waals surface area contributed by atoms with Crippen LogP contribution in [0.1, 0.15) is 19.8 Å². The summed E-state index contributed by atoms with van der Waals surface area (Å²) in [4.78, 5) is 13.7. The number of hydrogen-bond donors (Lipinski definition) is 0. The Morgan fingerprint density at radius 1 is 1.60 bits per heavy atom. The third kappa shape index (κ3) is 3.21. The van der Waals surface area contributed by atoms with Crippen molar-refractivity contribution in [2.45, 2.75) is 19.8 Å². The lowest BCUT2D eigenvalue weighted by Crippen LogP contribution is -2.36. The minimum absolute atomic E-state index is 0.172. The quantitative estimate of drug-likeness (QED) is 0.653. The maximum Gasteiger partial charge on any atom is 0.323 e. The molecular weight excluding hydrogens is 192 g/mol. The predicted molar refractivity (Wildman–Crippen MR) is 56.0 cm³/mol. The van der Waals surface area contributed by atoms with Gasteiger partial charge < -0.3 is 9.64 Å². The number of nitrogens with zero attached hydrogens (tertiary/aromatic N) is 2. The molecule has 0 aromatic rings. The fourth-order valence-electron chi connectivity index (χ4n) is 1.94. The molecular formula is C11H18N2O2. The summed E-state index contributed by atoms with van der Waals surface area (Å²) >= 11 is 0. The molecule has 0 aliphatic carbocycles. The Balaban J connectivity index is 2.52. The fourth-order valence-corrected chi connectivity index (χ4v) is 1.94. The van der Waals surface area contributed by atoms with Crippen LogP contribution >= 0.6 is 0 Å². The highest BCUT2D eigenvalue weighted by atomic mass is 16.5. The van der Waals surface area contributed by atoms with Crippen molar-refractivity contribution in [1.82, 2.24) is 4.90 Å². The summed E-state index contributed by atoms with van der Waals surface area (Å²) in [6, 6.07) is 2.08. The molecule has 0 N–H and O–H groups in total. The van der Waals surface area contributed by atoms with Crippen LogP contribution in [0.4, 0.5) is 0 Å². The number of esters is 1. The van der Waals surface area contributed by atoms with Gasteiger partial charge in [-0.2, -0.15) is 5.26 Å². The Labute approximate surface area is 90.8 Å². The van der Waals surface area contributed by atoms with E-state index in [2.05, 4.69) is 18.0 Å². The molecule has 0 radical (unpaired) electrons. The molecule has 1 saturated heterocycles. The molecule has 15 heavy (non-hydrogen) atoms. The van der Waals surface area contributed by atoms with Gasteiger partial charge in [0.15, 0.2) is 0 Å². The number of hydrogen-bond acceptors (Lipinski definition) is 4. The highest BCUT2D eigenvalue weighted by Gasteiger charge is 2.31. The molecule has 0 spiro atoms. The van der Waals surface area contributed by atoms with Gasteiger partial charge in [-0.25, -0.2) is 0 Å². The summed E-state index contributed by atoms with van der Waals surface area (Å²) in [5.41, 5.74) is 0. The van der Waals surface area contributed by atoms with E-state index in [-0.39, 0.29) is 11.9 Å². The third-order valence-corrected chi connectivity index (χ3v) is 2.91. The molecule has 0 aromatic carbocycles. The zero-order chi connectivity index (χ0) is 11.3. The van der Waals surface area contributed by atoms with E-state index in [1.807, 2.05) is 0 Å². The Hall–Kier alpha value is -1.08. The van der Waals surface area contributed by atoms with Crippen LogP contribution in [0.2, 0.25) is 0 Å². The first-order chi connectivity index (χ1) is 7.19. The van der Waals surface area contributed by atoms with Gasteiger partial charge in [-0.05, 0) is 45.8 Å². The van der Waals surface area contributed by atoms with Crippen molar-refractivity contribution in [2.24, 2.45) is 11.8 Å². The van der Waals surface area contributed by atoms with Gasteiger partial charge in [0.1, 0.15) is 5.92 Å². The van der Waals surface area contributed by atoms with Crippen LogP contribution in [0.25, 0.3) is 0 Å². The second-order valence-electron chi connectivity index (χ2n) is 4.00. The average molecular weight is 210 g/mol. The van der Waals surface area contributed by atoms with Gasteiger partial charge in [-0.1, -0.05) is 0 Å². The van der Waals surface area contributed by atoms with Gasteiger partial charge in [0.2, 0.25) is 0 Å². The Bertz CT molecular complexity index is 252. The predicted octanol–water partition coefficient (Wildman–Crippen LogP) is 1.03. The average Bonchev–Trinajstić information content (AvgIpc) is 2.22. The molecule has 0 saturated carbocycles. The summed E-state index contributed by atoms with van der Waals surface area (Å²) in [5.74, 6) is -0.751. The summed E-state index contributed by atoms with van der Waals surface area (Å²) in [6.45, 7) is 4.04. The van der Waals surface area contributed by atoms with Gasteiger partial charge >= 0.3 is 5.97 Å². The van der Waals surface area contributed by atoms with Gasteiger partial charge in [0.25, 0.3) is 0 Å². The standard InChI is InChI=1S/C11H18N2O2/c1-3-15-11(14)10(8-12)9-4-6-13(2)7-5-9/h9-10H,3-7H2,1-2H3. The molecule has 1 atom stereocenters. The smallest absolute Gasteiger partial charge is 0.323 e. The molecule has 84 valence electrons. The maximum absolute atomic E-state index is 11.5. The molecule has 1 aliphatic heterocycles. The van der Waals surface area contributed by atoms with Crippen molar-refractivity contribution in [3.8, 4) is 6.07 Å². The highest BCUT2D eigenvalue weighted by molar-refractivity contribution is 5.75. The zero-order valence-electron chi connectivity index (χ0n) is 9.40. The van der Waals surface area contributed by atoms with E-state index in [4.69, 9.17) is 10.00 Å². The van der Waals surface area contributed by atoms with Crippen LogP contribution in [0.3, 0.4) is 0 Å². The van der Waals surface area contributed by atoms with Crippen LogP contribution in [0.5, 0.6) is 0 Å². The van der Waals surface area contributed by atoms with Gasteiger partial charge in [0.05, 0.1) is 12.7 Å². The molecule has 1 rings (SSSR count). The van der Waals surface area contributed by atoms with E-state index >= 15 is 0 Å². The summed E-state index contributed by atoms with van der Waals surface area (Å²) in [7, 11) is 2.06. The molecule has 4 nitrogen and oxygen atoms in total. The summed E-state index contributed by atoms with van der Waals surface area (Å²) < 4.78 is 4.90. The van der Waals surface area contributed by atoms with E-state index in [0.717, 1.165) is 25.9 Å². The SMILES string of the molecule is CCOC(=O)C(C#N)C1CCN(C)CC1. The van der Waals surface area contributed by atoms with Gasteiger partial charge in [-0.3, -0.25) is 4.79 Å². The number of carbonyl (C=O) groups is 1. The van der Waals surface area contributed by atoms with Gasteiger partial charge in [-0.15, -0.1) is 0 Å². The summed E-state index contributed by atoms with van der Waals surface area (Å²) in [5, 5.41) is 8.98. The molecule has 1 unspecified atom stereocenters. The molecule has 0 aromatic heterocycles. The van der Waals surface area contributed by atoms with E-state index < -0.39 is 5.92 Å². The van der Waals surface area contributed by atoms with Crippen molar-refractivity contribution in [3.05, 3.63) is 0 Å². The maximum atomic E-state index is 11.5. The lowest BCUT2D eigenvalue weighted by atomic mass is 9.85. The largest absolute Gasteiger partial charge is 0.465 e. The first-order valence-electron chi connectivity index (χ1n) is 5.43. The molecule has 1 aliphatic rings. The first kappa shape index (κ1) is 12.0. The highest BCUT2D eigenvalue weighted by Crippen LogP contribution is 2.25. The Morgan fingerprint density at radius 3 is 2.67 bits per heavy atom. The molecule has 4 heteroatoms. The lowest BCUT2D eigenvalue weighted by Gasteiger charge is -2.30. The van der Waals surface area contributed by atoms with E-state index in [1.54, 1.807) is 6.92 Å². The van der Waals surface area contributed by atoms with Crippen LogP contribution in [0, 0.1) is 23.2 Å². The molecule has 0 amide bonds.